The van der Waals surface area contributed by atoms with Crippen LogP contribution in [-0.4, -0.2) is 22.8 Å². The molecule has 0 heterocycles. The maximum absolute atomic E-state index is 11.8. The molecule has 7 nitrogen and oxygen atoms in total. The summed E-state index contributed by atoms with van der Waals surface area (Å²) in [7, 11) is 0. The van der Waals surface area contributed by atoms with Crippen molar-refractivity contribution in [3.05, 3.63) is 33.9 Å². The average Bonchev–Trinajstić information content (AvgIpc) is 2.93. The van der Waals surface area contributed by atoms with Gasteiger partial charge in [0.05, 0.1) is 4.92 Å². The molecule has 1 aromatic rings. The third-order valence-electron chi connectivity index (χ3n) is 3.57. The van der Waals surface area contributed by atoms with Crippen LogP contribution in [0.1, 0.15) is 31.2 Å². The van der Waals surface area contributed by atoms with Crippen molar-refractivity contribution in [3.8, 4) is 0 Å². The minimum atomic E-state index is -0.751. The van der Waals surface area contributed by atoms with Crippen molar-refractivity contribution in [2.24, 2.45) is 0 Å². The Kier molecular flexibility index (Phi) is 4.52. The minimum absolute atomic E-state index is 0.0547. The quantitative estimate of drug-likeness (QED) is 0.504. The van der Waals surface area contributed by atoms with Crippen LogP contribution in [0.2, 0.25) is 0 Å². The maximum atomic E-state index is 11.8. The van der Waals surface area contributed by atoms with Gasteiger partial charge in [0.1, 0.15) is 0 Å². The number of hydrogen-bond donors (Lipinski definition) is 2. The summed E-state index contributed by atoms with van der Waals surface area (Å²) in [6.45, 7) is 1.64. The maximum Gasteiger partial charge on any atom is 0.313 e. The van der Waals surface area contributed by atoms with E-state index >= 15 is 0 Å². The van der Waals surface area contributed by atoms with E-state index in [-0.39, 0.29) is 11.7 Å². The zero-order valence-corrected chi connectivity index (χ0v) is 11.7. The van der Waals surface area contributed by atoms with E-state index in [9.17, 15) is 19.7 Å². The number of carbonyl (C=O) groups excluding carboxylic acids is 2. The van der Waals surface area contributed by atoms with Gasteiger partial charge in [0.2, 0.25) is 0 Å². The van der Waals surface area contributed by atoms with Crippen molar-refractivity contribution in [3.63, 3.8) is 0 Å². The van der Waals surface area contributed by atoms with Gasteiger partial charge < -0.3 is 10.6 Å². The van der Waals surface area contributed by atoms with E-state index in [4.69, 9.17) is 0 Å². The highest BCUT2D eigenvalue weighted by atomic mass is 16.6. The van der Waals surface area contributed by atoms with Gasteiger partial charge in [0.25, 0.3) is 5.69 Å². The molecule has 1 saturated carbocycles. The summed E-state index contributed by atoms with van der Waals surface area (Å²) in [4.78, 5) is 33.7. The molecule has 0 atom stereocenters. The summed E-state index contributed by atoms with van der Waals surface area (Å²) in [6.07, 6.45) is 3.92. The Balaban J connectivity index is 1.98. The molecule has 2 rings (SSSR count). The van der Waals surface area contributed by atoms with Crippen LogP contribution in [0.3, 0.4) is 0 Å². The fourth-order valence-electron chi connectivity index (χ4n) is 2.40. The number of rotatable bonds is 3. The summed E-state index contributed by atoms with van der Waals surface area (Å²) >= 11 is 0. The molecule has 7 heteroatoms. The largest absolute Gasteiger partial charge is 0.345 e. The first-order chi connectivity index (χ1) is 9.97. The molecule has 0 aliphatic heterocycles. The number of amides is 2. The van der Waals surface area contributed by atoms with Crippen molar-refractivity contribution in [2.75, 3.05) is 5.32 Å². The van der Waals surface area contributed by atoms with Gasteiger partial charge in [-0.15, -0.1) is 0 Å². The fourth-order valence-corrected chi connectivity index (χ4v) is 2.40. The van der Waals surface area contributed by atoms with Gasteiger partial charge in [-0.3, -0.25) is 19.7 Å². The highest BCUT2D eigenvalue weighted by Gasteiger charge is 2.22. The zero-order chi connectivity index (χ0) is 15.4. The lowest BCUT2D eigenvalue weighted by Crippen LogP contribution is -2.40. The van der Waals surface area contributed by atoms with Crippen molar-refractivity contribution < 1.29 is 14.5 Å². The molecule has 0 aromatic heterocycles. The highest BCUT2D eigenvalue weighted by Crippen LogP contribution is 2.21. The van der Waals surface area contributed by atoms with E-state index in [1.54, 1.807) is 6.92 Å². The Morgan fingerprint density at radius 2 is 1.90 bits per heavy atom. The Morgan fingerprint density at radius 1 is 1.24 bits per heavy atom. The van der Waals surface area contributed by atoms with Gasteiger partial charge in [0, 0.05) is 23.9 Å². The molecule has 0 saturated heterocycles. The average molecular weight is 291 g/mol. The van der Waals surface area contributed by atoms with Crippen molar-refractivity contribution in [2.45, 2.75) is 38.6 Å². The van der Waals surface area contributed by atoms with E-state index in [2.05, 4.69) is 10.6 Å². The summed E-state index contributed by atoms with van der Waals surface area (Å²) in [5, 5.41) is 15.8. The van der Waals surface area contributed by atoms with Crippen LogP contribution in [0.25, 0.3) is 0 Å². The normalized spacial score (nSPS) is 14.7. The molecule has 1 fully saturated rings. The van der Waals surface area contributed by atoms with Gasteiger partial charge >= 0.3 is 11.8 Å². The number of carbonyl (C=O) groups is 2. The van der Waals surface area contributed by atoms with Gasteiger partial charge in [-0.05, 0) is 31.4 Å². The van der Waals surface area contributed by atoms with Gasteiger partial charge in [-0.2, -0.15) is 0 Å². The molecule has 0 bridgehead atoms. The smallest absolute Gasteiger partial charge is 0.313 e. The number of anilines is 1. The lowest BCUT2D eigenvalue weighted by Gasteiger charge is -2.12. The summed E-state index contributed by atoms with van der Waals surface area (Å²) in [5.41, 5.74) is 0.874. The Labute approximate surface area is 121 Å². The molecule has 2 amide bonds. The predicted molar refractivity (Wildman–Crippen MR) is 76.9 cm³/mol. The monoisotopic (exact) mass is 291 g/mol. The van der Waals surface area contributed by atoms with Crippen LogP contribution in [-0.2, 0) is 9.59 Å². The van der Waals surface area contributed by atoms with Crippen molar-refractivity contribution in [1.82, 2.24) is 5.32 Å². The summed E-state index contributed by atoms with van der Waals surface area (Å²) < 4.78 is 0. The van der Waals surface area contributed by atoms with Crippen molar-refractivity contribution in [1.29, 1.82) is 0 Å². The molecule has 0 spiro atoms. The number of nitro benzene ring substituents is 1. The molecule has 1 aromatic carbocycles. The zero-order valence-electron chi connectivity index (χ0n) is 11.7. The number of hydrogen-bond acceptors (Lipinski definition) is 4. The minimum Gasteiger partial charge on any atom is -0.345 e. The van der Waals surface area contributed by atoms with Gasteiger partial charge in [-0.25, -0.2) is 0 Å². The van der Waals surface area contributed by atoms with Crippen LogP contribution >= 0.6 is 0 Å². The first kappa shape index (κ1) is 15.0. The Hall–Kier alpha value is -2.44. The predicted octanol–water partition coefficient (Wildman–Crippen LogP) is 1.90. The fraction of sp³-hybridized carbons (Fsp3) is 0.429. The van der Waals surface area contributed by atoms with E-state index in [0.29, 0.717) is 11.3 Å². The summed E-state index contributed by atoms with van der Waals surface area (Å²) in [5.74, 6) is -1.42. The molecule has 21 heavy (non-hydrogen) atoms. The van der Waals surface area contributed by atoms with Gasteiger partial charge in [0.15, 0.2) is 0 Å². The van der Waals surface area contributed by atoms with E-state index < -0.39 is 16.7 Å². The molecule has 112 valence electrons. The third kappa shape index (κ3) is 3.77. The van der Waals surface area contributed by atoms with Crippen LogP contribution < -0.4 is 10.6 Å². The van der Waals surface area contributed by atoms with Gasteiger partial charge in [-0.1, -0.05) is 12.8 Å². The van der Waals surface area contributed by atoms with Crippen LogP contribution in [0.15, 0.2) is 18.2 Å². The molecular weight excluding hydrogens is 274 g/mol. The van der Waals surface area contributed by atoms with Crippen LogP contribution in [0.5, 0.6) is 0 Å². The van der Waals surface area contributed by atoms with E-state index in [1.807, 2.05) is 0 Å². The number of aryl methyl sites for hydroxylation is 1. The molecule has 0 radical (unpaired) electrons. The molecule has 2 N–H and O–H groups in total. The standard InChI is InChI=1S/C14H17N3O4/c1-9-8-11(17(20)21)6-7-12(9)16-14(19)13(18)15-10-4-2-3-5-10/h6-8,10H,2-5H2,1H3,(H,15,18)(H,16,19). The summed E-state index contributed by atoms with van der Waals surface area (Å²) in [6, 6.07) is 4.14. The first-order valence-electron chi connectivity index (χ1n) is 6.84. The second-order valence-electron chi connectivity index (χ2n) is 5.17. The molecule has 1 aliphatic carbocycles. The number of nitrogens with one attached hydrogen (secondary N) is 2. The van der Waals surface area contributed by atoms with Crippen molar-refractivity contribution >= 4 is 23.2 Å². The first-order valence-corrected chi connectivity index (χ1v) is 6.84. The number of non-ortho nitro benzene ring substituents is 1. The lowest BCUT2D eigenvalue weighted by molar-refractivity contribution is -0.384. The Bertz CT molecular complexity index is 580. The molecular formula is C14H17N3O4. The second-order valence-corrected chi connectivity index (χ2v) is 5.17. The second kappa shape index (κ2) is 6.34. The molecule has 0 unspecified atom stereocenters. The lowest BCUT2D eigenvalue weighted by atomic mass is 10.2. The number of nitro groups is 1. The number of nitrogens with zero attached hydrogens (tertiary/aromatic N) is 1. The SMILES string of the molecule is Cc1cc([N+](=O)[O-])ccc1NC(=O)C(=O)NC1CCCC1. The topological polar surface area (TPSA) is 101 Å². The van der Waals surface area contributed by atoms with Crippen LogP contribution in [0, 0.1) is 17.0 Å². The van der Waals surface area contributed by atoms with E-state index in [1.165, 1.54) is 18.2 Å². The number of benzene rings is 1. The third-order valence-corrected chi connectivity index (χ3v) is 3.57. The van der Waals surface area contributed by atoms with E-state index in [0.717, 1.165) is 25.7 Å². The molecule has 1 aliphatic rings. The Morgan fingerprint density at radius 3 is 2.48 bits per heavy atom. The highest BCUT2D eigenvalue weighted by molar-refractivity contribution is 6.39. The van der Waals surface area contributed by atoms with Crippen LogP contribution in [0.4, 0.5) is 11.4 Å².